The van der Waals surface area contributed by atoms with Crippen LogP contribution in [0.5, 0.6) is 5.75 Å². The van der Waals surface area contributed by atoms with E-state index in [1.165, 1.54) is 5.56 Å². The van der Waals surface area contributed by atoms with Crippen LogP contribution in [0.4, 0.5) is 0 Å². The van der Waals surface area contributed by atoms with Crippen molar-refractivity contribution >= 4 is 21.7 Å². The van der Waals surface area contributed by atoms with E-state index in [4.69, 9.17) is 4.74 Å². The number of aryl methyl sites for hydroxylation is 2. The number of halogens is 1. The average Bonchev–Trinajstić information content (AvgIpc) is 2.40. The fourth-order valence-corrected chi connectivity index (χ4v) is 2.22. The first kappa shape index (κ1) is 13.8. The average molecular weight is 319 g/mol. The number of rotatable bonds is 4. The minimum atomic E-state index is -0.0364. The van der Waals surface area contributed by atoms with Crippen LogP contribution in [-0.4, -0.2) is 12.4 Å². The van der Waals surface area contributed by atoms with Gasteiger partial charge in [-0.05, 0) is 43.2 Å². The number of benzene rings is 2. The van der Waals surface area contributed by atoms with E-state index in [0.717, 1.165) is 15.8 Å². The Kier molecular flexibility index (Phi) is 4.38. The molecule has 0 bridgehead atoms. The van der Waals surface area contributed by atoms with Crippen LogP contribution in [0.25, 0.3) is 0 Å². The van der Waals surface area contributed by atoms with Gasteiger partial charge in [-0.3, -0.25) is 4.79 Å². The number of hydrogen-bond acceptors (Lipinski definition) is 2. The van der Waals surface area contributed by atoms with Gasteiger partial charge in [-0.25, -0.2) is 0 Å². The van der Waals surface area contributed by atoms with Gasteiger partial charge in [-0.15, -0.1) is 0 Å². The van der Waals surface area contributed by atoms with E-state index >= 15 is 0 Å². The van der Waals surface area contributed by atoms with Gasteiger partial charge in [0.2, 0.25) is 5.78 Å². The molecular weight excluding hydrogens is 304 g/mol. The van der Waals surface area contributed by atoms with Gasteiger partial charge in [-0.2, -0.15) is 0 Å². The molecule has 2 aromatic rings. The topological polar surface area (TPSA) is 26.3 Å². The summed E-state index contributed by atoms with van der Waals surface area (Å²) in [6, 6.07) is 13.2. The zero-order valence-electron chi connectivity index (χ0n) is 10.9. The Morgan fingerprint density at radius 1 is 1.11 bits per heavy atom. The minimum Gasteiger partial charge on any atom is -0.485 e. The Morgan fingerprint density at radius 2 is 1.84 bits per heavy atom. The second-order valence-corrected chi connectivity index (χ2v) is 5.29. The van der Waals surface area contributed by atoms with Gasteiger partial charge in [0, 0.05) is 10.0 Å². The van der Waals surface area contributed by atoms with Crippen molar-refractivity contribution in [2.24, 2.45) is 0 Å². The predicted molar refractivity (Wildman–Crippen MR) is 79.9 cm³/mol. The highest BCUT2D eigenvalue weighted by molar-refractivity contribution is 9.10. The first-order valence-corrected chi connectivity index (χ1v) is 6.85. The third-order valence-corrected chi connectivity index (χ3v) is 3.71. The SMILES string of the molecule is Cc1ccc(OCC(=O)c2ccccc2Br)cc1C. The maximum Gasteiger partial charge on any atom is 0.201 e. The summed E-state index contributed by atoms with van der Waals surface area (Å²) in [5.41, 5.74) is 3.02. The summed E-state index contributed by atoms with van der Waals surface area (Å²) in [5, 5.41) is 0. The van der Waals surface area contributed by atoms with Crippen molar-refractivity contribution in [1.82, 2.24) is 0 Å². The quantitative estimate of drug-likeness (QED) is 0.784. The molecule has 0 amide bonds. The van der Waals surface area contributed by atoms with Gasteiger partial charge < -0.3 is 4.74 Å². The standard InChI is InChI=1S/C16H15BrO2/c1-11-7-8-13(9-12(11)2)19-10-16(18)14-5-3-4-6-15(14)17/h3-9H,10H2,1-2H3. The summed E-state index contributed by atoms with van der Waals surface area (Å²) < 4.78 is 6.34. The van der Waals surface area contributed by atoms with Crippen molar-refractivity contribution < 1.29 is 9.53 Å². The van der Waals surface area contributed by atoms with E-state index in [0.29, 0.717) is 5.56 Å². The Balaban J connectivity index is 2.04. The molecule has 0 heterocycles. The Morgan fingerprint density at radius 3 is 2.53 bits per heavy atom. The number of carbonyl (C=O) groups excluding carboxylic acids is 1. The summed E-state index contributed by atoms with van der Waals surface area (Å²) in [6.07, 6.45) is 0. The molecule has 2 aromatic carbocycles. The second-order valence-electron chi connectivity index (χ2n) is 4.44. The molecule has 0 N–H and O–H groups in total. The van der Waals surface area contributed by atoms with E-state index in [2.05, 4.69) is 15.9 Å². The predicted octanol–water partition coefficient (Wildman–Crippen LogP) is 4.33. The molecule has 2 rings (SSSR count). The van der Waals surface area contributed by atoms with E-state index in [1.54, 1.807) is 6.07 Å². The molecule has 3 heteroatoms. The van der Waals surface area contributed by atoms with Crippen LogP contribution in [0.2, 0.25) is 0 Å². The maximum atomic E-state index is 12.0. The summed E-state index contributed by atoms with van der Waals surface area (Å²) in [6.45, 7) is 4.12. The van der Waals surface area contributed by atoms with Gasteiger partial charge in [0.25, 0.3) is 0 Å². The summed E-state index contributed by atoms with van der Waals surface area (Å²) in [5.74, 6) is 0.689. The first-order valence-electron chi connectivity index (χ1n) is 6.05. The van der Waals surface area contributed by atoms with Gasteiger partial charge in [0.1, 0.15) is 5.75 Å². The Hall–Kier alpha value is -1.61. The normalized spacial score (nSPS) is 10.3. The molecule has 0 aliphatic carbocycles. The summed E-state index contributed by atoms with van der Waals surface area (Å²) in [7, 11) is 0. The third kappa shape index (κ3) is 3.44. The maximum absolute atomic E-state index is 12.0. The molecule has 0 aromatic heterocycles. The van der Waals surface area contributed by atoms with Crippen LogP contribution in [0, 0.1) is 13.8 Å². The highest BCUT2D eigenvalue weighted by Crippen LogP contribution is 2.19. The van der Waals surface area contributed by atoms with Gasteiger partial charge in [0.05, 0.1) is 0 Å². The van der Waals surface area contributed by atoms with Gasteiger partial charge in [-0.1, -0.05) is 40.2 Å². The lowest BCUT2D eigenvalue weighted by molar-refractivity contribution is 0.0920. The van der Waals surface area contributed by atoms with Crippen molar-refractivity contribution in [3.8, 4) is 5.75 Å². The molecule has 2 nitrogen and oxygen atoms in total. The minimum absolute atomic E-state index is 0.0364. The molecule has 0 aliphatic rings. The Bertz CT molecular complexity index is 605. The van der Waals surface area contributed by atoms with Crippen LogP contribution in [0.15, 0.2) is 46.9 Å². The van der Waals surface area contributed by atoms with E-state index in [1.807, 2.05) is 50.2 Å². The highest BCUT2D eigenvalue weighted by Gasteiger charge is 2.10. The second kappa shape index (κ2) is 6.02. The Labute approximate surface area is 121 Å². The molecule has 0 fully saturated rings. The lowest BCUT2D eigenvalue weighted by Crippen LogP contribution is -2.12. The van der Waals surface area contributed by atoms with Crippen molar-refractivity contribution in [1.29, 1.82) is 0 Å². The number of Topliss-reactive ketones (excluding diaryl/α,β-unsaturated/α-hetero) is 1. The van der Waals surface area contributed by atoms with E-state index in [9.17, 15) is 4.79 Å². The molecule has 19 heavy (non-hydrogen) atoms. The highest BCUT2D eigenvalue weighted by atomic mass is 79.9. The van der Waals surface area contributed by atoms with Crippen molar-refractivity contribution in [3.63, 3.8) is 0 Å². The molecule has 0 spiro atoms. The molecule has 0 unspecified atom stereocenters. The van der Waals surface area contributed by atoms with Gasteiger partial charge >= 0.3 is 0 Å². The van der Waals surface area contributed by atoms with Crippen molar-refractivity contribution in [3.05, 3.63) is 63.6 Å². The molecule has 98 valence electrons. The van der Waals surface area contributed by atoms with Crippen LogP contribution >= 0.6 is 15.9 Å². The molecule has 0 aliphatic heterocycles. The molecular formula is C16H15BrO2. The number of ketones is 1. The summed E-state index contributed by atoms with van der Waals surface area (Å²) >= 11 is 3.37. The van der Waals surface area contributed by atoms with E-state index in [-0.39, 0.29) is 12.4 Å². The van der Waals surface area contributed by atoms with Crippen molar-refractivity contribution in [2.45, 2.75) is 13.8 Å². The third-order valence-electron chi connectivity index (χ3n) is 3.02. The molecule has 0 saturated heterocycles. The first-order chi connectivity index (χ1) is 9.08. The lowest BCUT2D eigenvalue weighted by Gasteiger charge is -2.08. The fourth-order valence-electron chi connectivity index (χ4n) is 1.72. The number of hydrogen-bond donors (Lipinski definition) is 0. The zero-order chi connectivity index (χ0) is 13.8. The van der Waals surface area contributed by atoms with Crippen LogP contribution in [0.3, 0.4) is 0 Å². The van der Waals surface area contributed by atoms with Crippen molar-refractivity contribution in [2.75, 3.05) is 6.61 Å². The zero-order valence-corrected chi connectivity index (χ0v) is 12.5. The number of ether oxygens (including phenoxy) is 1. The van der Waals surface area contributed by atoms with Crippen LogP contribution in [-0.2, 0) is 0 Å². The monoisotopic (exact) mass is 318 g/mol. The molecule has 0 saturated carbocycles. The van der Waals surface area contributed by atoms with Crippen LogP contribution in [0.1, 0.15) is 21.5 Å². The largest absolute Gasteiger partial charge is 0.485 e. The van der Waals surface area contributed by atoms with Gasteiger partial charge in [0.15, 0.2) is 6.61 Å². The van der Waals surface area contributed by atoms with E-state index < -0.39 is 0 Å². The fraction of sp³-hybridized carbons (Fsp3) is 0.188. The lowest BCUT2D eigenvalue weighted by atomic mass is 10.1. The molecule has 0 radical (unpaired) electrons. The summed E-state index contributed by atoms with van der Waals surface area (Å²) in [4.78, 5) is 12.0. The smallest absolute Gasteiger partial charge is 0.201 e. The molecule has 0 atom stereocenters. The van der Waals surface area contributed by atoms with Crippen LogP contribution < -0.4 is 4.74 Å². The number of carbonyl (C=O) groups is 1.